The number of aromatic nitrogens is 1. The predicted octanol–water partition coefficient (Wildman–Crippen LogP) is 3.04. The van der Waals surface area contributed by atoms with E-state index in [2.05, 4.69) is 4.98 Å². The molecule has 2 rings (SSSR count). The van der Waals surface area contributed by atoms with Gasteiger partial charge >= 0.3 is 5.97 Å². The van der Waals surface area contributed by atoms with E-state index in [0.717, 1.165) is 10.7 Å². The second kappa shape index (κ2) is 5.37. The highest BCUT2D eigenvalue weighted by Crippen LogP contribution is 2.20. The summed E-state index contributed by atoms with van der Waals surface area (Å²) in [6, 6.07) is 4.65. The number of benzene rings is 1. The number of nitrogens with two attached hydrogens (primary N) is 1. The van der Waals surface area contributed by atoms with E-state index in [1.807, 2.05) is 12.3 Å². The molecule has 94 valence electrons. The van der Waals surface area contributed by atoms with Gasteiger partial charge in [0.2, 0.25) is 0 Å². The van der Waals surface area contributed by atoms with Crippen molar-refractivity contribution in [2.75, 3.05) is 5.73 Å². The number of carbonyl (C=O) groups excluding carboxylic acids is 1. The smallest absolute Gasteiger partial charge is 0.338 e. The number of esters is 1. The summed E-state index contributed by atoms with van der Waals surface area (Å²) in [4.78, 5) is 15.9. The molecule has 0 fully saturated rings. The lowest BCUT2D eigenvalue weighted by molar-refractivity contribution is 0.0468. The molecule has 0 amide bonds. The maximum absolute atomic E-state index is 11.7. The number of anilines is 1. The average Bonchev–Trinajstić information content (AvgIpc) is 2.75. The van der Waals surface area contributed by atoms with E-state index < -0.39 is 5.97 Å². The lowest BCUT2D eigenvalue weighted by atomic mass is 10.2. The molecule has 0 aliphatic heterocycles. The van der Waals surface area contributed by atoms with Gasteiger partial charge in [0.25, 0.3) is 0 Å². The first-order chi connectivity index (χ1) is 8.56. The summed E-state index contributed by atoms with van der Waals surface area (Å²) < 4.78 is 5.13. The van der Waals surface area contributed by atoms with Gasteiger partial charge in [0.1, 0.15) is 6.61 Å². The zero-order valence-electron chi connectivity index (χ0n) is 9.64. The normalized spacial score (nSPS) is 10.3. The number of carbonyl (C=O) groups is 1. The summed E-state index contributed by atoms with van der Waals surface area (Å²) in [5.74, 6) is -0.442. The number of nitrogens with zero attached hydrogens (tertiary/aromatic N) is 1. The summed E-state index contributed by atoms with van der Waals surface area (Å²) in [7, 11) is 0. The van der Waals surface area contributed by atoms with Crippen LogP contribution in [0.1, 0.15) is 21.1 Å². The first-order valence-electron chi connectivity index (χ1n) is 5.19. The molecule has 2 N–H and O–H groups in total. The Bertz CT molecular complexity index is 583. The minimum atomic E-state index is -0.442. The summed E-state index contributed by atoms with van der Waals surface area (Å²) in [6.07, 6.45) is 0. The van der Waals surface area contributed by atoms with Gasteiger partial charge < -0.3 is 10.5 Å². The number of thiazole rings is 1. The molecule has 1 aromatic carbocycles. The summed E-state index contributed by atoms with van der Waals surface area (Å²) in [5, 5.41) is 3.14. The third kappa shape index (κ3) is 3.00. The molecular formula is C12H11ClN2O2S. The standard InChI is InChI=1S/C12H11ClN2O2S/c1-7-15-9(6-18-7)5-17-12(16)8-2-3-11(14)10(13)4-8/h2-4,6H,5,14H2,1H3. The van der Waals surface area contributed by atoms with Crippen LogP contribution in [0.15, 0.2) is 23.6 Å². The fourth-order valence-electron chi connectivity index (χ4n) is 1.35. The van der Waals surface area contributed by atoms with E-state index in [-0.39, 0.29) is 6.61 Å². The summed E-state index contributed by atoms with van der Waals surface area (Å²) >= 11 is 7.35. The zero-order valence-corrected chi connectivity index (χ0v) is 11.2. The van der Waals surface area contributed by atoms with Crippen molar-refractivity contribution in [3.05, 3.63) is 44.9 Å². The minimum Gasteiger partial charge on any atom is -0.456 e. The Labute approximate surface area is 113 Å². The Hall–Kier alpha value is -1.59. The van der Waals surface area contributed by atoms with Crippen LogP contribution >= 0.6 is 22.9 Å². The van der Waals surface area contributed by atoms with Gasteiger partial charge in [0.05, 0.1) is 27.0 Å². The van der Waals surface area contributed by atoms with Crippen molar-refractivity contribution in [2.24, 2.45) is 0 Å². The molecule has 0 unspecified atom stereocenters. The minimum absolute atomic E-state index is 0.158. The number of halogens is 1. The predicted molar refractivity (Wildman–Crippen MR) is 71.8 cm³/mol. The van der Waals surface area contributed by atoms with E-state index in [0.29, 0.717) is 16.3 Å². The number of ether oxygens (including phenoxy) is 1. The average molecular weight is 283 g/mol. The van der Waals surface area contributed by atoms with E-state index >= 15 is 0 Å². The Morgan fingerprint density at radius 1 is 1.56 bits per heavy atom. The van der Waals surface area contributed by atoms with E-state index in [9.17, 15) is 4.79 Å². The van der Waals surface area contributed by atoms with Gasteiger partial charge in [-0.1, -0.05) is 11.6 Å². The highest BCUT2D eigenvalue weighted by Gasteiger charge is 2.10. The molecule has 6 heteroatoms. The van der Waals surface area contributed by atoms with Crippen molar-refractivity contribution >= 4 is 34.6 Å². The zero-order chi connectivity index (χ0) is 13.1. The second-order valence-corrected chi connectivity index (χ2v) is 5.14. The van der Waals surface area contributed by atoms with Crippen molar-refractivity contribution in [1.29, 1.82) is 0 Å². The van der Waals surface area contributed by atoms with Gasteiger partial charge in [-0.05, 0) is 25.1 Å². The van der Waals surface area contributed by atoms with Gasteiger partial charge in [-0.15, -0.1) is 11.3 Å². The maximum Gasteiger partial charge on any atom is 0.338 e. The molecular weight excluding hydrogens is 272 g/mol. The van der Waals surface area contributed by atoms with E-state index in [1.54, 1.807) is 12.1 Å². The number of hydrogen-bond donors (Lipinski definition) is 1. The molecule has 1 aromatic heterocycles. The van der Waals surface area contributed by atoms with Crippen molar-refractivity contribution in [1.82, 2.24) is 4.98 Å². The van der Waals surface area contributed by atoms with Crippen molar-refractivity contribution in [3.8, 4) is 0 Å². The van der Waals surface area contributed by atoms with Crippen molar-refractivity contribution < 1.29 is 9.53 Å². The molecule has 0 atom stereocenters. The summed E-state index contributed by atoms with van der Waals surface area (Å²) in [5.41, 5.74) is 7.12. The van der Waals surface area contributed by atoms with E-state index in [1.165, 1.54) is 17.4 Å². The maximum atomic E-state index is 11.7. The molecule has 0 aliphatic carbocycles. The van der Waals surface area contributed by atoms with Crippen LogP contribution in [-0.4, -0.2) is 11.0 Å². The molecule has 0 spiro atoms. The lowest BCUT2D eigenvalue weighted by Crippen LogP contribution is -2.05. The van der Waals surface area contributed by atoms with Crippen LogP contribution < -0.4 is 5.73 Å². The van der Waals surface area contributed by atoms with Crippen LogP contribution in [0.3, 0.4) is 0 Å². The lowest BCUT2D eigenvalue weighted by Gasteiger charge is -2.04. The van der Waals surface area contributed by atoms with Crippen LogP contribution in [0.25, 0.3) is 0 Å². The third-order valence-corrected chi connectivity index (χ3v) is 3.40. The van der Waals surface area contributed by atoms with Crippen molar-refractivity contribution in [3.63, 3.8) is 0 Å². The molecule has 0 aliphatic rings. The second-order valence-electron chi connectivity index (χ2n) is 3.67. The fraction of sp³-hybridized carbons (Fsp3) is 0.167. The molecule has 0 saturated carbocycles. The summed E-state index contributed by atoms with van der Waals surface area (Å²) in [6.45, 7) is 2.06. The molecule has 0 radical (unpaired) electrons. The molecule has 2 aromatic rings. The molecule has 0 saturated heterocycles. The van der Waals surface area contributed by atoms with Crippen LogP contribution in [0.2, 0.25) is 5.02 Å². The number of hydrogen-bond acceptors (Lipinski definition) is 5. The molecule has 4 nitrogen and oxygen atoms in total. The monoisotopic (exact) mass is 282 g/mol. The number of aryl methyl sites for hydroxylation is 1. The highest BCUT2D eigenvalue weighted by molar-refractivity contribution is 7.09. The first kappa shape index (κ1) is 12.9. The van der Waals surface area contributed by atoms with Crippen molar-refractivity contribution in [2.45, 2.75) is 13.5 Å². The Morgan fingerprint density at radius 2 is 2.33 bits per heavy atom. The van der Waals surface area contributed by atoms with Gasteiger partial charge in [0, 0.05) is 5.38 Å². The van der Waals surface area contributed by atoms with Gasteiger partial charge in [-0.25, -0.2) is 9.78 Å². The van der Waals surface area contributed by atoms with Gasteiger partial charge in [-0.3, -0.25) is 0 Å². The van der Waals surface area contributed by atoms with E-state index in [4.69, 9.17) is 22.1 Å². The van der Waals surface area contributed by atoms with Crippen LogP contribution in [-0.2, 0) is 11.3 Å². The molecule has 1 heterocycles. The topological polar surface area (TPSA) is 65.2 Å². The SMILES string of the molecule is Cc1nc(COC(=O)c2ccc(N)c(Cl)c2)cs1. The number of nitrogen functional groups attached to an aromatic ring is 1. The third-order valence-electron chi connectivity index (χ3n) is 2.25. The van der Waals surface area contributed by atoms with Gasteiger partial charge in [0.15, 0.2) is 0 Å². The van der Waals surface area contributed by atoms with Crippen LogP contribution in [0, 0.1) is 6.92 Å². The fourth-order valence-corrected chi connectivity index (χ4v) is 2.13. The Balaban J connectivity index is 2.01. The van der Waals surface area contributed by atoms with Gasteiger partial charge in [-0.2, -0.15) is 0 Å². The largest absolute Gasteiger partial charge is 0.456 e. The Morgan fingerprint density at radius 3 is 2.94 bits per heavy atom. The molecule has 18 heavy (non-hydrogen) atoms. The number of rotatable bonds is 3. The Kier molecular flexibility index (Phi) is 3.84. The highest BCUT2D eigenvalue weighted by atomic mass is 35.5. The van der Waals surface area contributed by atoms with Crippen LogP contribution in [0.4, 0.5) is 5.69 Å². The molecule has 0 bridgehead atoms. The first-order valence-corrected chi connectivity index (χ1v) is 6.45. The van der Waals surface area contributed by atoms with Crippen LogP contribution in [0.5, 0.6) is 0 Å². The quantitative estimate of drug-likeness (QED) is 0.694.